The molecule has 138 valence electrons. The summed E-state index contributed by atoms with van der Waals surface area (Å²) in [6.07, 6.45) is 1.00. The van der Waals surface area contributed by atoms with Gasteiger partial charge in [0.05, 0.1) is 13.2 Å². The maximum atomic E-state index is 12.0. The normalized spacial score (nSPS) is 14.8. The summed E-state index contributed by atoms with van der Waals surface area (Å²) >= 11 is 0. The molecule has 1 heterocycles. The minimum Gasteiger partial charge on any atom is -0.484 e. The van der Waals surface area contributed by atoms with Crippen molar-refractivity contribution in [2.24, 2.45) is 0 Å². The number of aryl methyl sites for hydroxylation is 1. The van der Waals surface area contributed by atoms with Crippen molar-refractivity contribution in [3.8, 4) is 5.75 Å². The van der Waals surface area contributed by atoms with Crippen molar-refractivity contribution in [1.82, 2.24) is 4.90 Å². The molecule has 0 atom stereocenters. The Bertz CT molecular complexity index is 692. The molecule has 1 saturated heterocycles. The fourth-order valence-corrected chi connectivity index (χ4v) is 2.85. The third kappa shape index (κ3) is 5.86. The topological polar surface area (TPSA) is 50.8 Å². The molecule has 5 heteroatoms. The number of benzene rings is 2. The van der Waals surface area contributed by atoms with Gasteiger partial charge in [-0.25, -0.2) is 0 Å². The van der Waals surface area contributed by atoms with E-state index >= 15 is 0 Å². The smallest absolute Gasteiger partial charge is 0.262 e. The van der Waals surface area contributed by atoms with Crippen LogP contribution in [0.25, 0.3) is 0 Å². The molecule has 0 radical (unpaired) electrons. The van der Waals surface area contributed by atoms with Crippen LogP contribution in [0.4, 0.5) is 5.69 Å². The zero-order chi connectivity index (χ0) is 18.2. The molecule has 0 unspecified atom stereocenters. The van der Waals surface area contributed by atoms with E-state index in [4.69, 9.17) is 9.47 Å². The molecule has 3 rings (SSSR count). The van der Waals surface area contributed by atoms with E-state index < -0.39 is 0 Å². The largest absolute Gasteiger partial charge is 0.484 e. The van der Waals surface area contributed by atoms with Crippen LogP contribution >= 0.6 is 0 Å². The van der Waals surface area contributed by atoms with E-state index in [0.717, 1.165) is 50.5 Å². The first kappa shape index (κ1) is 18.4. The van der Waals surface area contributed by atoms with E-state index in [0.29, 0.717) is 5.75 Å². The quantitative estimate of drug-likeness (QED) is 0.831. The van der Waals surface area contributed by atoms with Crippen LogP contribution in [-0.2, 0) is 16.0 Å². The first-order valence-electron chi connectivity index (χ1n) is 9.07. The Morgan fingerprint density at radius 1 is 1.08 bits per heavy atom. The van der Waals surface area contributed by atoms with Crippen LogP contribution < -0.4 is 10.1 Å². The Morgan fingerprint density at radius 2 is 1.77 bits per heavy atom. The minimum absolute atomic E-state index is 0.00183. The van der Waals surface area contributed by atoms with Crippen LogP contribution in [0.1, 0.15) is 11.1 Å². The molecule has 1 aliphatic rings. The first-order chi connectivity index (χ1) is 12.7. The molecule has 5 nitrogen and oxygen atoms in total. The molecule has 1 aliphatic heterocycles. The summed E-state index contributed by atoms with van der Waals surface area (Å²) in [5.41, 5.74) is 3.22. The van der Waals surface area contributed by atoms with Crippen LogP contribution in [0.5, 0.6) is 5.75 Å². The molecule has 2 aromatic carbocycles. The summed E-state index contributed by atoms with van der Waals surface area (Å²) in [6.45, 7) is 6.73. The van der Waals surface area contributed by atoms with Crippen molar-refractivity contribution < 1.29 is 14.3 Å². The highest BCUT2D eigenvalue weighted by molar-refractivity contribution is 5.91. The van der Waals surface area contributed by atoms with E-state index in [1.807, 2.05) is 43.3 Å². The van der Waals surface area contributed by atoms with Crippen LogP contribution in [-0.4, -0.2) is 50.3 Å². The molecule has 0 spiro atoms. The van der Waals surface area contributed by atoms with E-state index in [1.165, 1.54) is 5.56 Å². The van der Waals surface area contributed by atoms with Gasteiger partial charge in [-0.3, -0.25) is 9.69 Å². The molecule has 0 aliphatic carbocycles. The lowest BCUT2D eigenvalue weighted by atomic mass is 10.1. The van der Waals surface area contributed by atoms with E-state index in [9.17, 15) is 4.79 Å². The van der Waals surface area contributed by atoms with Crippen molar-refractivity contribution >= 4 is 11.6 Å². The highest BCUT2D eigenvalue weighted by atomic mass is 16.5. The SMILES string of the molecule is Cc1ccc(OCC(=O)Nc2ccc(CCN3CCOCC3)cc2)cc1. The number of nitrogens with zero attached hydrogens (tertiary/aromatic N) is 1. The second kappa shape index (κ2) is 9.36. The lowest BCUT2D eigenvalue weighted by Crippen LogP contribution is -2.37. The Labute approximate surface area is 154 Å². The Morgan fingerprint density at radius 3 is 2.46 bits per heavy atom. The number of anilines is 1. The monoisotopic (exact) mass is 354 g/mol. The van der Waals surface area contributed by atoms with E-state index in [1.54, 1.807) is 0 Å². The van der Waals surface area contributed by atoms with Gasteiger partial charge in [-0.2, -0.15) is 0 Å². The zero-order valence-corrected chi connectivity index (χ0v) is 15.2. The molecule has 1 N–H and O–H groups in total. The van der Waals surface area contributed by atoms with Gasteiger partial charge in [-0.15, -0.1) is 0 Å². The molecule has 0 saturated carbocycles. The predicted molar refractivity (Wildman–Crippen MR) is 103 cm³/mol. The predicted octanol–water partition coefficient (Wildman–Crippen LogP) is 2.89. The number of carbonyl (C=O) groups excluding carboxylic acids is 1. The van der Waals surface area contributed by atoms with Crippen LogP contribution in [0.2, 0.25) is 0 Å². The van der Waals surface area contributed by atoms with Crippen molar-refractivity contribution in [3.05, 3.63) is 59.7 Å². The van der Waals surface area contributed by atoms with Gasteiger partial charge in [0.2, 0.25) is 0 Å². The molecule has 0 bridgehead atoms. The average Bonchev–Trinajstić information content (AvgIpc) is 2.68. The maximum Gasteiger partial charge on any atom is 0.262 e. The molecular weight excluding hydrogens is 328 g/mol. The third-order valence-corrected chi connectivity index (χ3v) is 4.45. The van der Waals surface area contributed by atoms with Gasteiger partial charge in [-0.1, -0.05) is 29.8 Å². The summed E-state index contributed by atoms with van der Waals surface area (Å²) in [7, 11) is 0. The van der Waals surface area contributed by atoms with Gasteiger partial charge in [0, 0.05) is 25.3 Å². The van der Waals surface area contributed by atoms with Crippen molar-refractivity contribution in [2.45, 2.75) is 13.3 Å². The maximum absolute atomic E-state index is 12.0. The van der Waals surface area contributed by atoms with Gasteiger partial charge in [0.1, 0.15) is 5.75 Å². The lowest BCUT2D eigenvalue weighted by Gasteiger charge is -2.26. The molecule has 1 amide bonds. The summed E-state index contributed by atoms with van der Waals surface area (Å²) in [5, 5.41) is 2.87. The number of rotatable bonds is 7. The molecular formula is C21H26N2O3. The second-order valence-corrected chi connectivity index (χ2v) is 6.55. The van der Waals surface area contributed by atoms with Gasteiger partial charge in [0.15, 0.2) is 6.61 Å². The standard InChI is InChI=1S/C21H26N2O3/c1-17-2-8-20(9-3-17)26-16-21(24)22-19-6-4-18(5-7-19)10-11-23-12-14-25-15-13-23/h2-9H,10-16H2,1H3,(H,22,24). The lowest BCUT2D eigenvalue weighted by molar-refractivity contribution is -0.118. The van der Waals surface area contributed by atoms with Crippen LogP contribution in [0.3, 0.4) is 0 Å². The fourth-order valence-electron chi connectivity index (χ4n) is 2.85. The number of ether oxygens (including phenoxy) is 2. The zero-order valence-electron chi connectivity index (χ0n) is 15.2. The summed E-state index contributed by atoms with van der Waals surface area (Å²) in [6, 6.07) is 15.7. The number of carbonyl (C=O) groups is 1. The summed E-state index contributed by atoms with van der Waals surface area (Å²) in [4.78, 5) is 14.4. The molecule has 0 aromatic heterocycles. The van der Waals surface area contributed by atoms with Crippen LogP contribution in [0, 0.1) is 6.92 Å². The molecule has 26 heavy (non-hydrogen) atoms. The van der Waals surface area contributed by atoms with Gasteiger partial charge < -0.3 is 14.8 Å². The first-order valence-corrected chi connectivity index (χ1v) is 9.07. The van der Waals surface area contributed by atoms with Crippen molar-refractivity contribution in [3.63, 3.8) is 0 Å². The highest BCUT2D eigenvalue weighted by Crippen LogP contribution is 2.13. The fraction of sp³-hybridized carbons (Fsp3) is 0.381. The van der Waals surface area contributed by atoms with E-state index in [-0.39, 0.29) is 12.5 Å². The van der Waals surface area contributed by atoms with Gasteiger partial charge >= 0.3 is 0 Å². The second-order valence-electron chi connectivity index (χ2n) is 6.55. The Kier molecular flexibility index (Phi) is 6.63. The van der Waals surface area contributed by atoms with Gasteiger partial charge in [0.25, 0.3) is 5.91 Å². The molecule has 2 aromatic rings. The highest BCUT2D eigenvalue weighted by Gasteiger charge is 2.10. The van der Waals surface area contributed by atoms with Gasteiger partial charge in [-0.05, 0) is 43.2 Å². The number of hydrogen-bond donors (Lipinski definition) is 1. The minimum atomic E-state index is -0.161. The average molecular weight is 354 g/mol. The van der Waals surface area contributed by atoms with Crippen LogP contribution in [0.15, 0.2) is 48.5 Å². The Hall–Kier alpha value is -2.37. The summed E-state index contributed by atoms with van der Waals surface area (Å²) in [5.74, 6) is 0.538. The number of nitrogens with one attached hydrogen (secondary N) is 1. The van der Waals surface area contributed by atoms with E-state index in [2.05, 4.69) is 22.3 Å². The molecule has 1 fully saturated rings. The number of morpholine rings is 1. The Balaban J connectivity index is 1.41. The summed E-state index contributed by atoms with van der Waals surface area (Å²) < 4.78 is 10.9. The number of amides is 1. The number of hydrogen-bond acceptors (Lipinski definition) is 4. The van der Waals surface area contributed by atoms with Crippen molar-refractivity contribution in [1.29, 1.82) is 0 Å². The van der Waals surface area contributed by atoms with Crippen molar-refractivity contribution in [2.75, 3.05) is 44.8 Å². The third-order valence-electron chi connectivity index (χ3n) is 4.45.